The molecule has 34 heavy (non-hydrogen) atoms. The average molecular weight is 443 g/mol. The van der Waals surface area contributed by atoms with Crippen molar-refractivity contribution in [1.82, 2.24) is 0 Å². The molecule has 0 fully saturated rings. The molecular formula is C32H30N2. The highest BCUT2D eigenvalue weighted by Crippen LogP contribution is 2.33. The molecule has 0 saturated carbocycles. The summed E-state index contributed by atoms with van der Waals surface area (Å²) in [5.74, 6) is 0. The van der Waals surface area contributed by atoms with E-state index < -0.39 is 0 Å². The Kier molecular flexibility index (Phi) is 7.76. The molecule has 0 spiro atoms. The number of rotatable bonds is 8. The largest absolute Gasteiger partial charge is 0.311 e. The summed E-state index contributed by atoms with van der Waals surface area (Å²) in [5.41, 5.74) is 6.69. The minimum Gasteiger partial charge on any atom is -0.311 e. The van der Waals surface area contributed by atoms with Gasteiger partial charge in [0, 0.05) is 34.2 Å². The van der Waals surface area contributed by atoms with Gasteiger partial charge in [-0.15, -0.1) is 0 Å². The zero-order valence-corrected chi connectivity index (χ0v) is 19.6. The van der Waals surface area contributed by atoms with Crippen LogP contribution >= 0.6 is 0 Å². The van der Waals surface area contributed by atoms with Gasteiger partial charge in [-0.25, -0.2) is 0 Å². The van der Waals surface area contributed by atoms with E-state index in [1.165, 1.54) is 0 Å². The molecule has 0 atom stereocenters. The Morgan fingerprint density at radius 2 is 1.21 bits per heavy atom. The molecule has 3 aromatic rings. The summed E-state index contributed by atoms with van der Waals surface area (Å²) >= 11 is 0. The van der Waals surface area contributed by atoms with Crippen LogP contribution < -0.4 is 9.80 Å². The summed E-state index contributed by atoms with van der Waals surface area (Å²) in [5, 5.41) is 0. The fourth-order valence-electron chi connectivity index (χ4n) is 4.06. The predicted octanol–water partition coefficient (Wildman–Crippen LogP) is 8.71. The van der Waals surface area contributed by atoms with Crippen LogP contribution in [0.15, 0.2) is 163 Å². The lowest BCUT2D eigenvalue weighted by Crippen LogP contribution is -2.20. The van der Waals surface area contributed by atoms with Gasteiger partial charge in [-0.2, -0.15) is 0 Å². The molecular weight excluding hydrogens is 412 g/mol. The van der Waals surface area contributed by atoms with Crippen LogP contribution in [-0.4, -0.2) is 0 Å². The highest BCUT2D eigenvalue weighted by molar-refractivity contribution is 5.71. The SMILES string of the molecule is C=C/C=C(\C=C/C)N(C1=CCC=C(N(c2ccccc2)c2ccccc2)C=C1)c1ccccc1. The number of hydrogen-bond acceptors (Lipinski definition) is 2. The maximum Gasteiger partial charge on any atom is 0.0461 e. The van der Waals surface area contributed by atoms with E-state index in [0.717, 1.165) is 40.6 Å². The zero-order chi connectivity index (χ0) is 23.6. The second-order valence-electron chi connectivity index (χ2n) is 7.83. The molecule has 0 saturated heterocycles. The zero-order valence-electron chi connectivity index (χ0n) is 19.6. The van der Waals surface area contributed by atoms with Gasteiger partial charge < -0.3 is 9.80 Å². The molecule has 0 amide bonds. The van der Waals surface area contributed by atoms with Crippen LogP contribution in [0, 0.1) is 0 Å². The van der Waals surface area contributed by atoms with Crippen molar-refractivity contribution in [2.75, 3.05) is 9.80 Å². The predicted molar refractivity (Wildman–Crippen MR) is 147 cm³/mol. The molecule has 2 nitrogen and oxygen atoms in total. The molecule has 0 N–H and O–H groups in total. The van der Waals surface area contributed by atoms with Crippen molar-refractivity contribution in [2.45, 2.75) is 13.3 Å². The quantitative estimate of drug-likeness (QED) is 0.322. The summed E-state index contributed by atoms with van der Waals surface area (Å²) in [6.45, 7) is 5.97. The van der Waals surface area contributed by atoms with Crippen molar-refractivity contribution >= 4 is 17.1 Å². The average Bonchev–Trinajstić information content (AvgIpc) is 3.13. The van der Waals surface area contributed by atoms with Gasteiger partial charge in [0.25, 0.3) is 0 Å². The standard InChI is InChI=1S/C32H30N2/c1-3-15-27(16-4-2)33(28-17-8-5-9-18-28)31-23-14-24-32(26-25-31)34(29-19-10-6-11-20-29)30-21-12-7-13-22-30/h3-13,15-26H,1,14H2,2H3/b16-4-,27-15+. The summed E-state index contributed by atoms with van der Waals surface area (Å²) in [4.78, 5) is 4.57. The number of benzene rings is 3. The Bertz CT molecular complexity index is 1190. The number of anilines is 3. The molecule has 4 rings (SSSR count). The summed E-state index contributed by atoms with van der Waals surface area (Å²) in [6, 6.07) is 31.5. The Balaban J connectivity index is 1.74. The van der Waals surface area contributed by atoms with E-state index in [2.05, 4.69) is 138 Å². The third kappa shape index (κ3) is 5.36. The van der Waals surface area contributed by atoms with Crippen molar-refractivity contribution in [2.24, 2.45) is 0 Å². The summed E-state index contributed by atoms with van der Waals surface area (Å²) < 4.78 is 0. The first-order chi connectivity index (χ1) is 16.8. The van der Waals surface area contributed by atoms with Gasteiger partial charge in [-0.1, -0.05) is 85.5 Å². The van der Waals surface area contributed by atoms with Crippen LogP contribution in [0.2, 0.25) is 0 Å². The van der Waals surface area contributed by atoms with Crippen LogP contribution in [0.25, 0.3) is 0 Å². The monoisotopic (exact) mass is 442 g/mol. The van der Waals surface area contributed by atoms with Crippen molar-refractivity contribution in [3.8, 4) is 0 Å². The topological polar surface area (TPSA) is 6.48 Å². The van der Waals surface area contributed by atoms with Crippen molar-refractivity contribution in [3.63, 3.8) is 0 Å². The van der Waals surface area contributed by atoms with Gasteiger partial charge in [-0.05, 0) is 74.0 Å². The Morgan fingerprint density at radius 1 is 0.706 bits per heavy atom. The first-order valence-corrected chi connectivity index (χ1v) is 11.6. The first kappa shape index (κ1) is 22.9. The maximum atomic E-state index is 3.93. The maximum absolute atomic E-state index is 3.93. The lowest BCUT2D eigenvalue weighted by atomic mass is 10.2. The van der Waals surface area contributed by atoms with Crippen LogP contribution in [-0.2, 0) is 0 Å². The molecule has 0 unspecified atom stereocenters. The summed E-state index contributed by atoms with van der Waals surface area (Å²) in [7, 11) is 0. The van der Waals surface area contributed by atoms with E-state index in [9.17, 15) is 0 Å². The molecule has 0 bridgehead atoms. The van der Waals surface area contributed by atoms with Crippen molar-refractivity contribution in [3.05, 3.63) is 163 Å². The Labute approximate surface area is 203 Å². The molecule has 1 aliphatic carbocycles. The number of nitrogens with zero attached hydrogens (tertiary/aromatic N) is 2. The minimum atomic E-state index is 0.814. The number of allylic oxidation sites excluding steroid dienone is 8. The lowest BCUT2D eigenvalue weighted by molar-refractivity contribution is 1.12. The second kappa shape index (κ2) is 11.5. The van der Waals surface area contributed by atoms with Gasteiger partial charge in [-0.3, -0.25) is 0 Å². The fourth-order valence-corrected chi connectivity index (χ4v) is 4.06. The van der Waals surface area contributed by atoms with Crippen LogP contribution in [0.4, 0.5) is 17.1 Å². The fraction of sp³-hybridized carbons (Fsp3) is 0.0625. The van der Waals surface area contributed by atoms with Gasteiger partial charge in [0.05, 0.1) is 0 Å². The second-order valence-corrected chi connectivity index (χ2v) is 7.83. The molecule has 168 valence electrons. The first-order valence-electron chi connectivity index (χ1n) is 11.6. The van der Waals surface area contributed by atoms with Gasteiger partial charge in [0.2, 0.25) is 0 Å². The molecule has 2 heteroatoms. The number of hydrogen-bond donors (Lipinski definition) is 0. The molecule has 3 aromatic carbocycles. The van der Waals surface area contributed by atoms with E-state index in [1.54, 1.807) is 0 Å². The van der Waals surface area contributed by atoms with Crippen LogP contribution in [0.3, 0.4) is 0 Å². The van der Waals surface area contributed by atoms with Crippen molar-refractivity contribution < 1.29 is 0 Å². The highest BCUT2D eigenvalue weighted by atomic mass is 15.2. The van der Waals surface area contributed by atoms with E-state index in [-0.39, 0.29) is 0 Å². The van der Waals surface area contributed by atoms with E-state index in [1.807, 2.05) is 25.1 Å². The van der Waals surface area contributed by atoms with Crippen molar-refractivity contribution in [1.29, 1.82) is 0 Å². The summed E-state index contributed by atoms with van der Waals surface area (Å²) in [6.07, 6.45) is 17.8. The third-order valence-corrected chi connectivity index (χ3v) is 5.52. The van der Waals surface area contributed by atoms with Gasteiger partial charge in [0.15, 0.2) is 0 Å². The van der Waals surface area contributed by atoms with Crippen LogP contribution in [0.1, 0.15) is 13.3 Å². The molecule has 1 aliphatic rings. The lowest BCUT2D eigenvalue weighted by Gasteiger charge is -2.28. The van der Waals surface area contributed by atoms with E-state index in [0.29, 0.717) is 0 Å². The van der Waals surface area contributed by atoms with E-state index >= 15 is 0 Å². The molecule has 0 aromatic heterocycles. The highest BCUT2D eigenvalue weighted by Gasteiger charge is 2.17. The van der Waals surface area contributed by atoms with Crippen LogP contribution in [0.5, 0.6) is 0 Å². The molecule has 0 heterocycles. The molecule has 0 aliphatic heterocycles. The normalized spacial score (nSPS) is 13.7. The van der Waals surface area contributed by atoms with Gasteiger partial charge in [0.1, 0.15) is 0 Å². The minimum absolute atomic E-state index is 0.814. The van der Waals surface area contributed by atoms with Gasteiger partial charge >= 0.3 is 0 Å². The third-order valence-electron chi connectivity index (χ3n) is 5.52. The van der Waals surface area contributed by atoms with E-state index in [4.69, 9.17) is 0 Å². The Morgan fingerprint density at radius 3 is 1.74 bits per heavy atom. The smallest absolute Gasteiger partial charge is 0.0461 e. The number of para-hydroxylation sites is 3. The molecule has 0 radical (unpaired) electrons. The Hall–Kier alpha value is -4.30.